The van der Waals surface area contributed by atoms with E-state index in [-0.39, 0.29) is 19.0 Å². The van der Waals surface area contributed by atoms with Crippen LogP contribution in [0, 0.1) is 0 Å². The number of amides is 4. The van der Waals surface area contributed by atoms with E-state index in [1.165, 1.54) is 4.90 Å². The third kappa shape index (κ3) is 2.08. The van der Waals surface area contributed by atoms with Crippen LogP contribution in [0.15, 0.2) is 18.2 Å². The Labute approximate surface area is 126 Å². The number of urea groups is 1. The second-order valence-corrected chi connectivity index (χ2v) is 5.38. The maximum Gasteiger partial charge on any atom is 0.322 e. The van der Waals surface area contributed by atoms with Crippen LogP contribution in [-0.4, -0.2) is 48.5 Å². The molecule has 0 aromatic heterocycles. The number of carbonyl (C=O) groups excluding carboxylic acids is 3. The summed E-state index contributed by atoms with van der Waals surface area (Å²) in [4.78, 5) is 37.3. The molecular formula is C14H16N4O4. The molecule has 3 rings (SSSR count). The Hall–Kier alpha value is -2.61. The van der Waals surface area contributed by atoms with E-state index in [1.54, 1.807) is 25.3 Å². The molecule has 1 atom stereocenters. The van der Waals surface area contributed by atoms with Gasteiger partial charge in [-0.1, -0.05) is 0 Å². The van der Waals surface area contributed by atoms with E-state index >= 15 is 0 Å². The molecule has 22 heavy (non-hydrogen) atoms. The molecule has 1 aromatic rings. The molecule has 2 aliphatic rings. The molecule has 0 bridgehead atoms. The maximum atomic E-state index is 12.4. The van der Waals surface area contributed by atoms with Crippen molar-refractivity contribution in [2.75, 3.05) is 20.2 Å². The van der Waals surface area contributed by atoms with Crippen LogP contribution in [-0.2, 0) is 11.3 Å². The van der Waals surface area contributed by atoms with Crippen LogP contribution < -0.4 is 21.1 Å². The number of carbonyl (C=O) groups is 3. The minimum absolute atomic E-state index is 0.0247. The molecule has 2 aliphatic heterocycles. The molecule has 8 nitrogen and oxygen atoms in total. The van der Waals surface area contributed by atoms with Gasteiger partial charge in [-0.25, -0.2) is 4.79 Å². The first kappa shape index (κ1) is 14.3. The van der Waals surface area contributed by atoms with E-state index in [1.807, 2.05) is 0 Å². The first-order chi connectivity index (χ1) is 10.5. The van der Waals surface area contributed by atoms with Gasteiger partial charge in [0.1, 0.15) is 5.75 Å². The number of fused-ring (bicyclic) bond motifs is 1. The fraction of sp³-hybridized carbons (Fsp3) is 0.357. The number of rotatable bonds is 4. The summed E-state index contributed by atoms with van der Waals surface area (Å²) in [6.07, 6.45) is 0. The van der Waals surface area contributed by atoms with Crippen LogP contribution in [0.1, 0.15) is 15.9 Å². The van der Waals surface area contributed by atoms with Gasteiger partial charge in [0.15, 0.2) is 5.54 Å². The van der Waals surface area contributed by atoms with Crippen molar-refractivity contribution in [2.45, 2.75) is 12.1 Å². The van der Waals surface area contributed by atoms with Gasteiger partial charge < -0.3 is 20.7 Å². The Bertz CT molecular complexity index is 675. The van der Waals surface area contributed by atoms with E-state index in [0.29, 0.717) is 17.9 Å². The number of benzene rings is 1. The summed E-state index contributed by atoms with van der Waals surface area (Å²) in [5.74, 6) is -0.0467. The molecule has 4 amide bonds. The zero-order valence-corrected chi connectivity index (χ0v) is 12.0. The quantitative estimate of drug-likeness (QED) is 0.629. The lowest BCUT2D eigenvalue weighted by Crippen LogP contribution is -2.60. The van der Waals surface area contributed by atoms with Gasteiger partial charge >= 0.3 is 6.03 Å². The molecule has 0 radical (unpaired) electrons. The van der Waals surface area contributed by atoms with E-state index < -0.39 is 17.5 Å². The number of methoxy groups -OCH3 is 1. The van der Waals surface area contributed by atoms with E-state index in [9.17, 15) is 14.4 Å². The van der Waals surface area contributed by atoms with Crippen LogP contribution in [0.3, 0.4) is 0 Å². The van der Waals surface area contributed by atoms with E-state index in [2.05, 4.69) is 10.6 Å². The molecule has 1 fully saturated rings. The summed E-state index contributed by atoms with van der Waals surface area (Å²) in [5, 5.41) is 4.68. The molecule has 1 aromatic carbocycles. The number of nitrogens with one attached hydrogen (secondary N) is 2. The van der Waals surface area contributed by atoms with Crippen LogP contribution in [0.5, 0.6) is 5.75 Å². The van der Waals surface area contributed by atoms with Crippen molar-refractivity contribution in [1.29, 1.82) is 0 Å². The van der Waals surface area contributed by atoms with Crippen molar-refractivity contribution in [1.82, 2.24) is 15.5 Å². The van der Waals surface area contributed by atoms with Gasteiger partial charge in [-0.15, -0.1) is 0 Å². The largest absolute Gasteiger partial charge is 0.497 e. The minimum atomic E-state index is -1.28. The molecule has 116 valence electrons. The van der Waals surface area contributed by atoms with Gasteiger partial charge in [-0.3, -0.25) is 14.9 Å². The van der Waals surface area contributed by atoms with Crippen molar-refractivity contribution in [3.05, 3.63) is 29.3 Å². The lowest BCUT2D eigenvalue weighted by atomic mass is 9.99. The summed E-state index contributed by atoms with van der Waals surface area (Å²) in [5.41, 5.74) is 5.77. The van der Waals surface area contributed by atoms with Crippen LogP contribution in [0.4, 0.5) is 4.79 Å². The molecule has 0 spiro atoms. The monoisotopic (exact) mass is 304 g/mol. The molecule has 1 saturated heterocycles. The fourth-order valence-corrected chi connectivity index (χ4v) is 2.79. The molecular weight excluding hydrogens is 288 g/mol. The SMILES string of the molecule is COc1ccc2c(c1)CN(CC1(CN)NC(=O)NC1=O)C2=O. The summed E-state index contributed by atoms with van der Waals surface area (Å²) in [6.45, 7) is 0.279. The Kier molecular flexibility index (Phi) is 3.25. The van der Waals surface area contributed by atoms with Gasteiger partial charge in [0.05, 0.1) is 13.7 Å². The lowest BCUT2D eigenvalue weighted by Gasteiger charge is -2.29. The third-order valence-corrected chi connectivity index (χ3v) is 4.01. The number of nitrogens with two attached hydrogens (primary N) is 1. The summed E-state index contributed by atoms with van der Waals surface area (Å²) in [6, 6.07) is 4.60. The lowest BCUT2D eigenvalue weighted by molar-refractivity contribution is -0.124. The van der Waals surface area contributed by atoms with Gasteiger partial charge in [-0.05, 0) is 23.8 Å². The van der Waals surface area contributed by atoms with Crippen molar-refractivity contribution in [3.63, 3.8) is 0 Å². The zero-order valence-electron chi connectivity index (χ0n) is 12.0. The van der Waals surface area contributed by atoms with Crippen molar-refractivity contribution in [3.8, 4) is 5.75 Å². The smallest absolute Gasteiger partial charge is 0.322 e. The Morgan fingerprint density at radius 2 is 2.14 bits per heavy atom. The van der Waals surface area contributed by atoms with E-state index in [0.717, 1.165) is 5.56 Å². The van der Waals surface area contributed by atoms with Crippen molar-refractivity contribution in [2.24, 2.45) is 5.73 Å². The van der Waals surface area contributed by atoms with Crippen LogP contribution >= 0.6 is 0 Å². The summed E-state index contributed by atoms with van der Waals surface area (Å²) >= 11 is 0. The van der Waals surface area contributed by atoms with Gasteiger partial charge in [0.25, 0.3) is 11.8 Å². The second-order valence-electron chi connectivity index (χ2n) is 5.38. The molecule has 1 unspecified atom stereocenters. The van der Waals surface area contributed by atoms with Crippen molar-refractivity contribution < 1.29 is 19.1 Å². The highest BCUT2D eigenvalue weighted by molar-refractivity contribution is 6.08. The number of imide groups is 1. The molecule has 0 aliphatic carbocycles. The Morgan fingerprint density at radius 1 is 1.36 bits per heavy atom. The van der Waals surface area contributed by atoms with Gasteiger partial charge in [-0.2, -0.15) is 0 Å². The van der Waals surface area contributed by atoms with Crippen LogP contribution in [0.2, 0.25) is 0 Å². The van der Waals surface area contributed by atoms with Crippen molar-refractivity contribution >= 4 is 17.8 Å². The highest BCUT2D eigenvalue weighted by atomic mass is 16.5. The zero-order chi connectivity index (χ0) is 15.9. The van der Waals surface area contributed by atoms with Gasteiger partial charge in [0.2, 0.25) is 0 Å². The minimum Gasteiger partial charge on any atom is -0.497 e. The molecule has 0 saturated carbocycles. The Balaban J connectivity index is 1.84. The summed E-state index contributed by atoms with van der Waals surface area (Å²) < 4.78 is 5.14. The maximum absolute atomic E-state index is 12.4. The standard InChI is InChI=1S/C14H16N4O4/c1-22-9-2-3-10-8(4-9)5-18(11(10)19)7-14(6-15)12(20)16-13(21)17-14/h2-4H,5-7,15H2,1H3,(H2,16,17,20,21). The molecule has 2 heterocycles. The Morgan fingerprint density at radius 3 is 2.73 bits per heavy atom. The predicted molar refractivity (Wildman–Crippen MR) is 76.2 cm³/mol. The number of hydrogen-bond acceptors (Lipinski definition) is 5. The second kappa shape index (κ2) is 4.99. The fourth-order valence-electron chi connectivity index (χ4n) is 2.79. The highest BCUT2D eigenvalue weighted by Gasteiger charge is 2.48. The normalized spacial score (nSPS) is 23.4. The van der Waals surface area contributed by atoms with Gasteiger partial charge in [0, 0.05) is 18.7 Å². The average Bonchev–Trinajstić information content (AvgIpc) is 2.96. The first-order valence-corrected chi connectivity index (χ1v) is 6.79. The summed E-state index contributed by atoms with van der Waals surface area (Å²) in [7, 11) is 1.55. The molecule has 4 N–H and O–H groups in total. The van der Waals surface area contributed by atoms with E-state index in [4.69, 9.17) is 10.5 Å². The predicted octanol–water partition coefficient (Wildman–Crippen LogP) is -0.812. The van der Waals surface area contributed by atoms with Crippen LogP contribution in [0.25, 0.3) is 0 Å². The topological polar surface area (TPSA) is 114 Å². The number of ether oxygens (including phenoxy) is 1. The highest BCUT2D eigenvalue weighted by Crippen LogP contribution is 2.28. The number of hydrogen-bond donors (Lipinski definition) is 3. The first-order valence-electron chi connectivity index (χ1n) is 6.79. The third-order valence-electron chi connectivity index (χ3n) is 4.01. The number of nitrogens with zero attached hydrogens (tertiary/aromatic N) is 1. The molecule has 8 heteroatoms. The average molecular weight is 304 g/mol.